The Morgan fingerprint density at radius 1 is 1.52 bits per heavy atom. The van der Waals surface area contributed by atoms with Crippen molar-refractivity contribution < 1.29 is 29.3 Å². The topological polar surface area (TPSA) is 96.3 Å². The summed E-state index contributed by atoms with van der Waals surface area (Å²) < 4.78 is 10.8. The van der Waals surface area contributed by atoms with E-state index in [4.69, 9.17) is 14.6 Å². The van der Waals surface area contributed by atoms with E-state index in [1.54, 1.807) is 13.0 Å². The number of carbonyl (C=O) groups excluding carboxylic acids is 1. The van der Waals surface area contributed by atoms with Crippen LogP contribution >= 0.6 is 0 Å². The normalized spacial score (nSPS) is 15.2. The van der Waals surface area contributed by atoms with Crippen molar-refractivity contribution in [3.63, 3.8) is 0 Å². The van der Waals surface area contributed by atoms with Gasteiger partial charge in [-0.1, -0.05) is 0 Å². The number of carbonyl (C=O) groups is 2. The minimum Gasteiger partial charge on any atom is -0.490 e. The molecule has 1 aromatic rings. The number of amides is 1. The number of carboxylic acid groups (broad SMARTS) is 1. The highest BCUT2D eigenvalue weighted by Gasteiger charge is 2.35. The van der Waals surface area contributed by atoms with Crippen LogP contribution in [0.2, 0.25) is 0 Å². The van der Waals surface area contributed by atoms with Gasteiger partial charge in [-0.05, 0) is 31.5 Å². The van der Waals surface area contributed by atoms with Gasteiger partial charge in [0.2, 0.25) is 0 Å². The van der Waals surface area contributed by atoms with E-state index in [0.29, 0.717) is 29.4 Å². The van der Waals surface area contributed by atoms with Gasteiger partial charge in [-0.15, -0.1) is 0 Å². The molecule has 1 atom stereocenters. The summed E-state index contributed by atoms with van der Waals surface area (Å²) in [7, 11) is 0. The monoisotopic (exact) mass is 295 g/mol. The van der Waals surface area contributed by atoms with E-state index in [1.807, 2.05) is 0 Å². The van der Waals surface area contributed by atoms with E-state index in [2.05, 4.69) is 0 Å². The first-order valence-corrected chi connectivity index (χ1v) is 6.57. The van der Waals surface area contributed by atoms with Crippen LogP contribution in [0.5, 0.6) is 11.5 Å². The molecule has 2 rings (SSSR count). The maximum absolute atomic E-state index is 12.0. The van der Waals surface area contributed by atoms with Crippen molar-refractivity contribution in [1.82, 2.24) is 0 Å². The second-order valence-corrected chi connectivity index (χ2v) is 4.60. The Morgan fingerprint density at radius 2 is 2.24 bits per heavy atom. The molecule has 0 aromatic heterocycles. The molecule has 0 radical (unpaired) electrons. The highest BCUT2D eigenvalue weighted by Crippen LogP contribution is 2.42. The molecule has 0 aliphatic carbocycles. The summed E-state index contributed by atoms with van der Waals surface area (Å²) >= 11 is 0. The van der Waals surface area contributed by atoms with E-state index in [0.717, 1.165) is 4.90 Å². The van der Waals surface area contributed by atoms with Crippen molar-refractivity contribution in [1.29, 1.82) is 0 Å². The fourth-order valence-corrected chi connectivity index (χ4v) is 2.19. The minimum absolute atomic E-state index is 0.247. The zero-order valence-corrected chi connectivity index (χ0v) is 11.8. The van der Waals surface area contributed by atoms with Gasteiger partial charge in [0.15, 0.2) is 18.1 Å². The van der Waals surface area contributed by atoms with Gasteiger partial charge in [0.25, 0.3) is 5.91 Å². The number of carboxylic acids is 1. The van der Waals surface area contributed by atoms with Crippen LogP contribution in [0.1, 0.15) is 19.4 Å². The summed E-state index contributed by atoms with van der Waals surface area (Å²) in [5.41, 5.74) is 0.814. The second kappa shape index (κ2) is 6.01. The Balaban J connectivity index is 2.57. The minimum atomic E-state index is -1.12. The SMILES string of the molecule is CCOc1cc(CO)cc2c1OCC(=O)N2C(C)C(=O)O. The molecule has 1 aliphatic heterocycles. The molecular weight excluding hydrogens is 278 g/mol. The van der Waals surface area contributed by atoms with Crippen LogP contribution in [0, 0.1) is 0 Å². The summed E-state index contributed by atoms with van der Waals surface area (Å²) in [6, 6.07) is 2.11. The molecule has 1 heterocycles. The number of aliphatic carboxylic acids is 1. The molecule has 1 aliphatic rings. The number of hydrogen-bond acceptors (Lipinski definition) is 5. The molecule has 1 unspecified atom stereocenters. The number of hydrogen-bond donors (Lipinski definition) is 2. The van der Waals surface area contributed by atoms with E-state index >= 15 is 0 Å². The third-order valence-corrected chi connectivity index (χ3v) is 3.19. The van der Waals surface area contributed by atoms with Crippen molar-refractivity contribution in [2.24, 2.45) is 0 Å². The Kier molecular flexibility index (Phi) is 4.32. The molecule has 0 saturated carbocycles. The van der Waals surface area contributed by atoms with Crippen LogP contribution in [0.15, 0.2) is 12.1 Å². The number of ether oxygens (including phenoxy) is 2. The molecule has 1 aromatic carbocycles. The molecule has 7 heteroatoms. The number of fused-ring (bicyclic) bond motifs is 1. The van der Waals surface area contributed by atoms with Crippen LogP contribution in [0.25, 0.3) is 0 Å². The third kappa shape index (κ3) is 2.78. The van der Waals surface area contributed by atoms with Gasteiger partial charge in [0.1, 0.15) is 6.04 Å². The van der Waals surface area contributed by atoms with E-state index < -0.39 is 17.9 Å². The lowest BCUT2D eigenvalue weighted by Crippen LogP contribution is -2.48. The average Bonchev–Trinajstić information content (AvgIpc) is 2.46. The predicted molar refractivity (Wildman–Crippen MR) is 73.6 cm³/mol. The van der Waals surface area contributed by atoms with Gasteiger partial charge in [-0.3, -0.25) is 9.69 Å². The Hall–Kier alpha value is -2.28. The molecule has 2 N–H and O–H groups in total. The zero-order valence-electron chi connectivity index (χ0n) is 11.8. The highest BCUT2D eigenvalue weighted by molar-refractivity contribution is 6.03. The lowest BCUT2D eigenvalue weighted by molar-refractivity contribution is -0.140. The lowest BCUT2D eigenvalue weighted by atomic mass is 10.1. The Bertz CT molecular complexity index is 571. The van der Waals surface area contributed by atoms with Gasteiger partial charge in [0, 0.05) is 0 Å². The van der Waals surface area contributed by atoms with E-state index in [-0.39, 0.29) is 13.2 Å². The van der Waals surface area contributed by atoms with E-state index in [9.17, 15) is 14.7 Å². The zero-order chi connectivity index (χ0) is 15.6. The van der Waals surface area contributed by atoms with Crippen molar-refractivity contribution in [2.75, 3.05) is 18.1 Å². The summed E-state index contributed by atoms with van der Waals surface area (Å²) in [5.74, 6) is -0.866. The maximum Gasteiger partial charge on any atom is 0.326 e. The van der Waals surface area contributed by atoms with Crippen LogP contribution in [-0.2, 0) is 16.2 Å². The van der Waals surface area contributed by atoms with Gasteiger partial charge >= 0.3 is 5.97 Å². The number of aliphatic hydroxyl groups excluding tert-OH is 1. The van der Waals surface area contributed by atoms with Crippen LogP contribution in [0.4, 0.5) is 5.69 Å². The van der Waals surface area contributed by atoms with Gasteiger partial charge < -0.3 is 19.7 Å². The van der Waals surface area contributed by atoms with Gasteiger partial charge in [-0.25, -0.2) is 4.79 Å². The van der Waals surface area contributed by atoms with Crippen LogP contribution < -0.4 is 14.4 Å². The van der Waals surface area contributed by atoms with Crippen molar-refractivity contribution in [2.45, 2.75) is 26.5 Å². The molecule has 0 saturated heterocycles. The fraction of sp³-hybridized carbons (Fsp3) is 0.429. The van der Waals surface area contributed by atoms with Crippen molar-refractivity contribution >= 4 is 17.6 Å². The van der Waals surface area contributed by atoms with Gasteiger partial charge in [-0.2, -0.15) is 0 Å². The Morgan fingerprint density at radius 3 is 2.81 bits per heavy atom. The molecule has 21 heavy (non-hydrogen) atoms. The van der Waals surface area contributed by atoms with Crippen molar-refractivity contribution in [3.8, 4) is 11.5 Å². The fourth-order valence-electron chi connectivity index (χ4n) is 2.19. The van der Waals surface area contributed by atoms with E-state index in [1.165, 1.54) is 13.0 Å². The molecule has 114 valence electrons. The predicted octanol–water partition coefficient (Wildman–Crippen LogP) is 0.776. The largest absolute Gasteiger partial charge is 0.490 e. The number of anilines is 1. The number of rotatable bonds is 5. The number of nitrogens with zero attached hydrogens (tertiary/aromatic N) is 1. The quantitative estimate of drug-likeness (QED) is 0.833. The highest BCUT2D eigenvalue weighted by atomic mass is 16.5. The number of aliphatic hydroxyl groups is 1. The number of benzene rings is 1. The molecule has 0 bridgehead atoms. The molecule has 7 nitrogen and oxygen atoms in total. The Labute approximate surface area is 121 Å². The average molecular weight is 295 g/mol. The smallest absolute Gasteiger partial charge is 0.326 e. The molecule has 0 spiro atoms. The summed E-state index contributed by atoms with van der Waals surface area (Å²) in [4.78, 5) is 24.4. The summed E-state index contributed by atoms with van der Waals surface area (Å²) in [6.07, 6.45) is 0. The summed E-state index contributed by atoms with van der Waals surface area (Å²) in [5, 5.41) is 18.5. The van der Waals surface area contributed by atoms with Crippen molar-refractivity contribution in [3.05, 3.63) is 17.7 Å². The van der Waals surface area contributed by atoms with Crippen LogP contribution in [0.3, 0.4) is 0 Å². The maximum atomic E-state index is 12.0. The lowest BCUT2D eigenvalue weighted by Gasteiger charge is -2.33. The van der Waals surface area contributed by atoms with Gasteiger partial charge in [0.05, 0.1) is 18.9 Å². The first kappa shape index (κ1) is 15.1. The van der Waals surface area contributed by atoms with Crippen LogP contribution in [-0.4, -0.2) is 41.3 Å². The second-order valence-electron chi connectivity index (χ2n) is 4.60. The molecule has 0 fully saturated rings. The molecular formula is C14H17NO6. The summed E-state index contributed by atoms with van der Waals surface area (Å²) in [6.45, 7) is 3.10. The molecule has 1 amide bonds. The standard InChI is InChI=1S/C14H17NO6/c1-3-20-11-5-9(6-16)4-10-13(11)21-7-12(17)15(10)8(2)14(18)19/h4-5,8,16H,3,6-7H2,1-2H3,(H,18,19). The first-order valence-electron chi connectivity index (χ1n) is 6.57. The first-order chi connectivity index (χ1) is 9.99. The third-order valence-electron chi connectivity index (χ3n) is 3.19.